The SMILES string of the molecule is CCC(CC)CN(CC(=O)OC)C(=O)C(C)(N)C(F)(F)F. The fourth-order valence-corrected chi connectivity index (χ4v) is 1.75. The third-order valence-electron chi connectivity index (χ3n) is 3.50. The lowest BCUT2D eigenvalue weighted by atomic mass is 9.98. The molecule has 0 saturated carbocycles. The number of carbonyl (C=O) groups is 2. The molecule has 1 atom stereocenters. The highest BCUT2D eigenvalue weighted by molar-refractivity contribution is 5.89. The Morgan fingerprint density at radius 3 is 2.05 bits per heavy atom. The molecule has 0 aliphatic rings. The number of esters is 1. The molecular formula is C13H23F3N2O3. The van der Waals surface area contributed by atoms with Crippen LogP contribution in [0.3, 0.4) is 0 Å². The summed E-state index contributed by atoms with van der Waals surface area (Å²) >= 11 is 0. The maximum absolute atomic E-state index is 12.9. The summed E-state index contributed by atoms with van der Waals surface area (Å²) in [5, 5.41) is 0. The Hall–Kier alpha value is -1.31. The quantitative estimate of drug-likeness (QED) is 0.726. The van der Waals surface area contributed by atoms with Gasteiger partial charge in [0.05, 0.1) is 7.11 Å². The number of nitrogens with zero attached hydrogens (tertiary/aromatic N) is 1. The van der Waals surface area contributed by atoms with Crippen LogP contribution in [0.4, 0.5) is 13.2 Å². The Morgan fingerprint density at radius 2 is 1.71 bits per heavy atom. The first kappa shape index (κ1) is 19.7. The summed E-state index contributed by atoms with van der Waals surface area (Å²) in [6.07, 6.45) is -3.55. The Balaban J connectivity index is 5.28. The molecule has 0 aromatic carbocycles. The zero-order chi connectivity index (χ0) is 16.8. The molecule has 2 N–H and O–H groups in total. The van der Waals surface area contributed by atoms with E-state index in [-0.39, 0.29) is 12.5 Å². The smallest absolute Gasteiger partial charge is 0.415 e. The second kappa shape index (κ2) is 7.63. The molecule has 0 heterocycles. The van der Waals surface area contributed by atoms with Crippen molar-refractivity contribution < 1.29 is 27.5 Å². The molecule has 0 aromatic rings. The van der Waals surface area contributed by atoms with Gasteiger partial charge in [-0.05, 0) is 12.8 Å². The number of ether oxygens (including phenoxy) is 1. The first-order chi connectivity index (χ1) is 9.51. The molecule has 0 spiro atoms. The summed E-state index contributed by atoms with van der Waals surface area (Å²) in [5.41, 5.74) is 2.11. The lowest BCUT2D eigenvalue weighted by molar-refractivity contribution is -0.195. The van der Waals surface area contributed by atoms with E-state index in [1.54, 1.807) is 0 Å². The van der Waals surface area contributed by atoms with Crippen molar-refractivity contribution in [1.82, 2.24) is 4.90 Å². The van der Waals surface area contributed by atoms with Gasteiger partial charge in [0, 0.05) is 6.54 Å². The minimum atomic E-state index is -4.90. The average molecular weight is 312 g/mol. The van der Waals surface area contributed by atoms with Crippen molar-refractivity contribution in [3.05, 3.63) is 0 Å². The number of hydrogen-bond donors (Lipinski definition) is 1. The molecule has 1 unspecified atom stereocenters. The van der Waals surface area contributed by atoms with E-state index < -0.39 is 30.1 Å². The topological polar surface area (TPSA) is 72.6 Å². The van der Waals surface area contributed by atoms with E-state index in [2.05, 4.69) is 4.74 Å². The van der Waals surface area contributed by atoms with Crippen molar-refractivity contribution in [3.8, 4) is 0 Å². The molecule has 0 aliphatic heterocycles. The van der Waals surface area contributed by atoms with Crippen molar-refractivity contribution >= 4 is 11.9 Å². The first-order valence-electron chi connectivity index (χ1n) is 6.72. The fourth-order valence-electron chi connectivity index (χ4n) is 1.75. The second-order valence-corrected chi connectivity index (χ2v) is 5.14. The Bertz CT molecular complexity index is 366. The summed E-state index contributed by atoms with van der Waals surface area (Å²) < 4.78 is 43.1. The van der Waals surface area contributed by atoms with Gasteiger partial charge in [0.2, 0.25) is 0 Å². The largest absolute Gasteiger partial charge is 0.468 e. The first-order valence-corrected chi connectivity index (χ1v) is 6.72. The highest BCUT2D eigenvalue weighted by Crippen LogP contribution is 2.30. The standard InChI is InChI=1S/C13H23F3N2O3/c1-5-9(6-2)7-18(8-10(19)21-4)11(20)12(3,17)13(14,15)16/h9H,5-8,17H2,1-4H3. The summed E-state index contributed by atoms with van der Waals surface area (Å²) in [6, 6.07) is 0. The number of hydrogen-bond acceptors (Lipinski definition) is 4. The van der Waals surface area contributed by atoms with Gasteiger partial charge < -0.3 is 15.4 Å². The van der Waals surface area contributed by atoms with Crippen molar-refractivity contribution in [2.75, 3.05) is 20.2 Å². The molecule has 1 amide bonds. The molecule has 8 heteroatoms. The van der Waals surface area contributed by atoms with Crippen LogP contribution in [-0.4, -0.2) is 48.7 Å². The maximum atomic E-state index is 12.9. The van der Waals surface area contributed by atoms with Crippen LogP contribution >= 0.6 is 0 Å². The molecule has 0 bridgehead atoms. The van der Waals surface area contributed by atoms with Gasteiger partial charge in [-0.3, -0.25) is 9.59 Å². The van der Waals surface area contributed by atoms with Crippen LogP contribution in [0.15, 0.2) is 0 Å². The second-order valence-electron chi connectivity index (χ2n) is 5.14. The average Bonchev–Trinajstić information content (AvgIpc) is 2.40. The van der Waals surface area contributed by atoms with E-state index in [0.717, 1.165) is 12.0 Å². The molecule has 0 aromatic heterocycles. The summed E-state index contributed by atoms with van der Waals surface area (Å²) in [7, 11) is 1.10. The van der Waals surface area contributed by atoms with E-state index in [1.807, 2.05) is 13.8 Å². The minimum absolute atomic E-state index is 0.0114. The Morgan fingerprint density at radius 1 is 1.24 bits per heavy atom. The van der Waals surface area contributed by atoms with Gasteiger partial charge in [0.25, 0.3) is 5.91 Å². The van der Waals surface area contributed by atoms with Gasteiger partial charge in [-0.15, -0.1) is 0 Å². The highest BCUT2D eigenvalue weighted by Gasteiger charge is 2.55. The van der Waals surface area contributed by atoms with E-state index >= 15 is 0 Å². The molecule has 0 rings (SSSR count). The number of nitrogens with two attached hydrogens (primary N) is 1. The fraction of sp³-hybridized carbons (Fsp3) is 0.846. The number of rotatable bonds is 7. The lowest BCUT2D eigenvalue weighted by Gasteiger charge is -2.34. The lowest BCUT2D eigenvalue weighted by Crippen LogP contribution is -2.63. The molecule has 0 radical (unpaired) electrons. The van der Waals surface area contributed by atoms with Gasteiger partial charge in [-0.2, -0.15) is 13.2 Å². The van der Waals surface area contributed by atoms with Gasteiger partial charge in [0.1, 0.15) is 6.54 Å². The van der Waals surface area contributed by atoms with Gasteiger partial charge in [0.15, 0.2) is 5.54 Å². The van der Waals surface area contributed by atoms with Crippen LogP contribution in [0.5, 0.6) is 0 Å². The number of halogens is 3. The van der Waals surface area contributed by atoms with Crippen molar-refractivity contribution in [3.63, 3.8) is 0 Å². The third-order valence-corrected chi connectivity index (χ3v) is 3.50. The third kappa shape index (κ3) is 5.18. The highest BCUT2D eigenvalue weighted by atomic mass is 19.4. The number of carbonyl (C=O) groups excluding carboxylic acids is 2. The van der Waals surface area contributed by atoms with E-state index in [9.17, 15) is 22.8 Å². The summed E-state index contributed by atoms with van der Waals surface area (Å²) in [4.78, 5) is 24.3. The molecule has 21 heavy (non-hydrogen) atoms. The maximum Gasteiger partial charge on any atom is 0.415 e. The van der Waals surface area contributed by atoms with Crippen LogP contribution < -0.4 is 5.73 Å². The predicted molar refractivity (Wildman–Crippen MR) is 71.3 cm³/mol. The Kier molecular flexibility index (Phi) is 7.15. The van der Waals surface area contributed by atoms with Crippen LogP contribution in [0.1, 0.15) is 33.6 Å². The number of amides is 1. The molecule has 0 aliphatic carbocycles. The van der Waals surface area contributed by atoms with Gasteiger partial charge >= 0.3 is 12.1 Å². The molecule has 5 nitrogen and oxygen atoms in total. The van der Waals surface area contributed by atoms with Gasteiger partial charge in [-0.1, -0.05) is 26.7 Å². The van der Waals surface area contributed by atoms with Crippen molar-refractivity contribution in [2.45, 2.75) is 45.3 Å². The molecular weight excluding hydrogens is 289 g/mol. The number of methoxy groups -OCH3 is 1. The van der Waals surface area contributed by atoms with Crippen LogP contribution in [0.25, 0.3) is 0 Å². The van der Waals surface area contributed by atoms with Crippen molar-refractivity contribution in [1.29, 1.82) is 0 Å². The monoisotopic (exact) mass is 312 g/mol. The van der Waals surface area contributed by atoms with E-state index in [0.29, 0.717) is 19.8 Å². The Labute approximate surface area is 122 Å². The van der Waals surface area contributed by atoms with Crippen LogP contribution in [-0.2, 0) is 14.3 Å². The molecule has 0 fully saturated rings. The normalized spacial score (nSPS) is 14.7. The molecule has 124 valence electrons. The molecule has 0 saturated heterocycles. The van der Waals surface area contributed by atoms with Crippen LogP contribution in [0.2, 0.25) is 0 Å². The predicted octanol–water partition coefficient (Wildman–Crippen LogP) is 1.70. The van der Waals surface area contributed by atoms with Gasteiger partial charge in [-0.25, -0.2) is 0 Å². The van der Waals surface area contributed by atoms with E-state index in [4.69, 9.17) is 5.73 Å². The summed E-state index contributed by atoms with van der Waals surface area (Å²) in [6.45, 7) is 3.81. The van der Waals surface area contributed by atoms with Crippen LogP contribution in [0, 0.1) is 5.92 Å². The van der Waals surface area contributed by atoms with Crippen molar-refractivity contribution in [2.24, 2.45) is 11.7 Å². The summed E-state index contributed by atoms with van der Waals surface area (Å²) in [5.74, 6) is -2.12. The number of alkyl halides is 3. The minimum Gasteiger partial charge on any atom is -0.468 e. The zero-order valence-corrected chi connectivity index (χ0v) is 12.8. The zero-order valence-electron chi connectivity index (χ0n) is 12.8. The van der Waals surface area contributed by atoms with E-state index in [1.165, 1.54) is 0 Å².